The van der Waals surface area contributed by atoms with Gasteiger partial charge in [0.1, 0.15) is 17.3 Å². The van der Waals surface area contributed by atoms with E-state index in [-0.39, 0.29) is 23.7 Å². The fraction of sp³-hybridized carbons (Fsp3) is 0.250. The molecule has 12 heavy (non-hydrogen) atoms. The van der Waals surface area contributed by atoms with Crippen molar-refractivity contribution in [1.82, 2.24) is 0 Å². The molecule has 0 fully saturated rings. The first kappa shape index (κ1) is 8.52. The van der Waals surface area contributed by atoms with Crippen LogP contribution in [-0.2, 0) is 11.2 Å². The fourth-order valence-electron chi connectivity index (χ4n) is 0.848. The van der Waals surface area contributed by atoms with Crippen LogP contribution in [-0.4, -0.2) is 10.9 Å². The van der Waals surface area contributed by atoms with E-state index in [2.05, 4.69) is 4.42 Å². The van der Waals surface area contributed by atoms with E-state index in [9.17, 15) is 9.59 Å². The van der Waals surface area contributed by atoms with Crippen molar-refractivity contribution in [2.45, 2.75) is 13.3 Å². The third kappa shape index (κ3) is 2.23. The average Bonchev–Trinajstić information content (AvgIpc) is 1.81. The molecule has 0 atom stereocenters. The Morgan fingerprint density at radius 1 is 1.58 bits per heavy atom. The molecule has 0 aliphatic heterocycles. The molecule has 4 nitrogen and oxygen atoms in total. The Labute approximate surface area is 68.4 Å². The van der Waals surface area contributed by atoms with Crippen LogP contribution in [0.4, 0.5) is 0 Å². The van der Waals surface area contributed by atoms with Crippen LogP contribution in [0.25, 0.3) is 0 Å². The van der Waals surface area contributed by atoms with Gasteiger partial charge in [-0.2, -0.15) is 0 Å². The molecular weight excluding hydrogens is 160 g/mol. The van der Waals surface area contributed by atoms with Gasteiger partial charge in [0.25, 0.3) is 0 Å². The largest absolute Gasteiger partial charge is 0.508 e. The van der Waals surface area contributed by atoms with Crippen molar-refractivity contribution in [3.8, 4) is 5.75 Å². The Morgan fingerprint density at radius 3 is 2.75 bits per heavy atom. The highest BCUT2D eigenvalue weighted by Gasteiger charge is 2.02. The van der Waals surface area contributed by atoms with Gasteiger partial charge in [-0.05, 0) is 6.92 Å². The van der Waals surface area contributed by atoms with E-state index in [1.54, 1.807) is 0 Å². The maximum Gasteiger partial charge on any atom is 0.339 e. The summed E-state index contributed by atoms with van der Waals surface area (Å²) < 4.78 is 4.63. The van der Waals surface area contributed by atoms with Crippen molar-refractivity contribution in [2.75, 3.05) is 0 Å². The molecule has 0 radical (unpaired) electrons. The lowest BCUT2D eigenvalue weighted by Gasteiger charge is -1.95. The van der Waals surface area contributed by atoms with Crippen molar-refractivity contribution in [3.63, 3.8) is 0 Å². The molecule has 0 spiro atoms. The summed E-state index contributed by atoms with van der Waals surface area (Å²) in [4.78, 5) is 21.2. The summed E-state index contributed by atoms with van der Waals surface area (Å²) in [6.45, 7) is 1.38. The maximum atomic E-state index is 10.7. The second-order valence-electron chi connectivity index (χ2n) is 2.48. The first-order chi connectivity index (χ1) is 5.58. The van der Waals surface area contributed by atoms with Crippen molar-refractivity contribution in [1.29, 1.82) is 0 Å². The molecule has 0 bridgehead atoms. The van der Waals surface area contributed by atoms with E-state index in [0.717, 1.165) is 6.07 Å². The second kappa shape index (κ2) is 3.21. The lowest BCUT2D eigenvalue weighted by Crippen LogP contribution is -2.02. The summed E-state index contributed by atoms with van der Waals surface area (Å²) in [6, 6.07) is 2.20. The van der Waals surface area contributed by atoms with Gasteiger partial charge in [-0.3, -0.25) is 4.79 Å². The predicted molar refractivity (Wildman–Crippen MR) is 41.0 cm³/mol. The van der Waals surface area contributed by atoms with E-state index >= 15 is 0 Å². The number of hydrogen-bond donors (Lipinski definition) is 1. The van der Waals surface area contributed by atoms with Gasteiger partial charge in [-0.1, -0.05) is 0 Å². The number of Topliss-reactive ketones (excluding diaryl/α,β-unsaturated/α-hetero) is 1. The summed E-state index contributed by atoms with van der Waals surface area (Å²) in [7, 11) is 0. The van der Waals surface area contributed by atoms with Gasteiger partial charge in [0, 0.05) is 6.07 Å². The molecule has 1 aromatic heterocycles. The molecule has 1 aromatic rings. The number of rotatable bonds is 2. The van der Waals surface area contributed by atoms with Gasteiger partial charge in [0.2, 0.25) is 0 Å². The van der Waals surface area contributed by atoms with Crippen LogP contribution in [0.1, 0.15) is 12.7 Å². The molecule has 1 rings (SSSR count). The lowest BCUT2D eigenvalue weighted by atomic mass is 10.2. The minimum Gasteiger partial charge on any atom is -0.508 e. The molecule has 64 valence electrons. The monoisotopic (exact) mass is 168 g/mol. The molecule has 4 heteroatoms. The van der Waals surface area contributed by atoms with E-state index in [1.165, 1.54) is 13.0 Å². The standard InChI is InChI=1S/C8H8O4/c1-5(9)2-7-3-6(10)4-8(11)12-7/h3-4,10H,2H2,1H3. The van der Waals surface area contributed by atoms with Crippen LogP contribution in [0.3, 0.4) is 0 Å². The highest BCUT2D eigenvalue weighted by atomic mass is 16.4. The van der Waals surface area contributed by atoms with Gasteiger partial charge in [-0.25, -0.2) is 4.79 Å². The quantitative estimate of drug-likeness (QED) is 0.697. The number of carbonyl (C=O) groups is 1. The van der Waals surface area contributed by atoms with Crippen molar-refractivity contribution >= 4 is 5.78 Å². The molecule has 1 N–H and O–H groups in total. The van der Waals surface area contributed by atoms with E-state index in [0.29, 0.717) is 0 Å². The highest BCUT2D eigenvalue weighted by Crippen LogP contribution is 2.07. The van der Waals surface area contributed by atoms with Gasteiger partial charge in [0.15, 0.2) is 0 Å². The average molecular weight is 168 g/mol. The van der Waals surface area contributed by atoms with Crippen LogP contribution in [0, 0.1) is 0 Å². The summed E-state index contributed by atoms with van der Waals surface area (Å²) in [5, 5.41) is 8.94. The zero-order valence-corrected chi connectivity index (χ0v) is 6.53. The van der Waals surface area contributed by atoms with Crippen molar-refractivity contribution in [3.05, 3.63) is 28.3 Å². The number of ketones is 1. The van der Waals surface area contributed by atoms with Crippen LogP contribution >= 0.6 is 0 Å². The SMILES string of the molecule is CC(=O)Cc1cc(O)cc(=O)o1. The minimum atomic E-state index is -0.647. The molecule has 1 heterocycles. The van der Waals surface area contributed by atoms with E-state index in [1.807, 2.05) is 0 Å². The zero-order valence-electron chi connectivity index (χ0n) is 6.53. The summed E-state index contributed by atoms with van der Waals surface area (Å²) >= 11 is 0. The van der Waals surface area contributed by atoms with E-state index < -0.39 is 5.63 Å². The Balaban J connectivity index is 3.01. The summed E-state index contributed by atoms with van der Waals surface area (Å²) in [5.74, 6) is -0.112. The third-order valence-corrected chi connectivity index (χ3v) is 1.23. The second-order valence-corrected chi connectivity index (χ2v) is 2.48. The smallest absolute Gasteiger partial charge is 0.339 e. The normalized spacial score (nSPS) is 9.75. The van der Waals surface area contributed by atoms with Crippen molar-refractivity contribution < 1.29 is 14.3 Å². The van der Waals surface area contributed by atoms with Crippen LogP contribution < -0.4 is 5.63 Å². The Bertz CT molecular complexity index is 350. The number of hydrogen-bond acceptors (Lipinski definition) is 4. The van der Waals surface area contributed by atoms with Crippen molar-refractivity contribution in [2.24, 2.45) is 0 Å². The van der Waals surface area contributed by atoms with E-state index in [4.69, 9.17) is 5.11 Å². The molecule has 0 aromatic carbocycles. The fourth-order valence-corrected chi connectivity index (χ4v) is 0.848. The first-order valence-corrected chi connectivity index (χ1v) is 3.40. The predicted octanol–water partition coefficient (Wildman–Crippen LogP) is 0.477. The Hall–Kier alpha value is -1.58. The first-order valence-electron chi connectivity index (χ1n) is 3.40. The van der Waals surface area contributed by atoms with Gasteiger partial charge in [0.05, 0.1) is 12.5 Å². The summed E-state index contributed by atoms with van der Waals surface area (Å²) in [6.07, 6.45) is 0.0314. The zero-order chi connectivity index (χ0) is 9.14. The van der Waals surface area contributed by atoms with Crippen LogP contribution in [0.2, 0.25) is 0 Å². The molecule has 0 saturated carbocycles. The third-order valence-electron chi connectivity index (χ3n) is 1.23. The summed E-state index contributed by atoms with van der Waals surface area (Å²) in [5.41, 5.74) is -0.647. The van der Waals surface area contributed by atoms with Gasteiger partial charge in [-0.15, -0.1) is 0 Å². The maximum absolute atomic E-state index is 10.7. The molecule has 0 saturated heterocycles. The van der Waals surface area contributed by atoms with Gasteiger partial charge >= 0.3 is 5.63 Å². The van der Waals surface area contributed by atoms with Crippen LogP contribution in [0.15, 0.2) is 21.3 Å². The Morgan fingerprint density at radius 2 is 2.25 bits per heavy atom. The Kier molecular flexibility index (Phi) is 2.28. The molecule has 0 aliphatic rings. The topological polar surface area (TPSA) is 67.5 Å². The van der Waals surface area contributed by atoms with Crippen LogP contribution in [0.5, 0.6) is 5.75 Å². The highest BCUT2D eigenvalue weighted by molar-refractivity contribution is 5.77. The molecular formula is C8H8O4. The minimum absolute atomic E-state index is 0.0314. The molecule has 0 amide bonds. The molecule has 0 unspecified atom stereocenters. The van der Waals surface area contributed by atoms with Gasteiger partial charge < -0.3 is 9.52 Å². The lowest BCUT2D eigenvalue weighted by molar-refractivity contribution is -0.116. The molecule has 0 aliphatic carbocycles. The number of carbonyl (C=O) groups excluding carboxylic acids is 1. The number of aromatic hydroxyl groups is 1.